The molecule has 10 nitrogen and oxygen atoms in total. The monoisotopic (exact) mass is 464 g/mol. The number of imidazole rings is 1. The molecule has 2 N–H and O–H groups in total. The van der Waals surface area contributed by atoms with Crippen molar-refractivity contribution in [3.05, 3.63) is 36.2 Å². The first-order valence-corrected chi connectivity index (χ1v) is 10.9. The summed E-state index contributed by atoms with van der Waals surface area (Å²) in [5.74, 6) is -2.11. The standard InChI is InChI=1S/C15H22N6O2S.C2HF3O2/c1-3-7-24(22,23)21-10-13-14(20(2)11-19-13)8-12(21)9-18-15-16-5-4-6-17-15;3-2(4,5)1(6)7/h4-6,11-12H,3,7-10H2,1-2H3,(H,16,17,18);(H,6,7). The highest BCUT2D eigenvalue weighted by Gasteiger charge is 2.38. The topological polar surface area (TPSA) is 130 Å². The second-order valence-corrected chi connectivity index (χ2v) is 8.77. The van der Waals surface area contributed by atoms with Crippen molar-refractivity contribution in [1.82, 2.24) is 23.8 Å². The highest BCUT2D eigenvalue weighted by atomic mass is 32.2. The molecule has 0 radical (unpaired) electrons. The third-order valence-corrected chi connectivity index (χ3v) is 6.48. The summed E-state index contributed by atoms with van der Waals surface area (Å²) in [6.07, 6.45) is 1.18. The number of aliphatic carboxylic acids is 1. The number of anilines is 1. The van der Waals surface area contributed by atoms with Crippen LogP contribution in [-0.4, -0.2) is 67.8 Å². The van der Waals surface area contributed by atoms with E-state index in [2.05, 4.69) is 20.3 Å². The van der Waals surface area contributed by atoms with Gasteiger partial charge in [0.05, 0.1) is 24.3 Å². The van der Waals surface area contributed by atoms with E-state index in [4.69, 9.17) is 9.90 Å². The van der Waals surface area contributed by atoms with E-state index < -0.39 is 22.2 Å². The third kappa shape index (κ3) is 6.62. The lowest BCUT2D eigenvalue weighted by molar-refractivity contribution is -0.192. The molecule has 0 saturated heterocycles. The number of hydrogen-bond acceptors (Lipinski definition) is 7. The van der Waals surface area contributed by atoms with E-state index in [-0.39, 0.29) is 11.8 Å². The molecule has 3 rings (SSSR count). The fourth-order valence-corrected chi connectivity index (χ4v) is 4.65. The Labute approximate surface area is 177 Å². The minimum atomic E-state index is -5.08. The molecule has 14 heteroatoms. The van der Waals surface area contributed by atoms with Crippen LogP contribution in [0.4, 0.5) is 19.1 Å². The van der Waals surface area contributed by atoms with E-state index >= 15 is 0 Å². The molecular formula is C17H23F3N6O4S. The van der Waals surface area contributed by atoms with E-state index in [1.165, 1.54) is 0 Å². The Morgan fingerprint density at radius 1 is 1.29 bits per heavy atom. The van der Waals surface area contributed by atoms with Crippen LogP contribution in [0.2, 0.25) is 0 Å². The van der Waals surface area contributed by atoms with E-state index in [1.54, 1.807) is 29.1 Å². The molecule has 1 unspecified atom stereocenters. The Bertz CT molecular complexity index is 981. The number of nitrogens with one attached hydrogen (secondary N) is 1. The number of carboxylic acids is 1. The minimum Gasteiger partial charge on any atom is -0.475 e. The molecule has 0 fully saturated rings. The number of sulfonamides is 1. The second-order valence-electron chi connectivity index (χ2n) is 6.72. The lowest BCUT2D eigenvalue weighted by Crippen LogP contribution is -2.48. The predicted molar refractivity (Wildman–Crippen MR) is 105 cm³/mol. The molecule has 0 bridgehead atoms. The summed E-state index contributed by atoms with van der Waals surface area (Å²) < 4.78 is 60.6. The van der Waals surface area contributed by atoms with E-state index in [0.717, 1.165) is 11.4 Å². The fourth-order valence-electron chi connectivity index (χ4n) is 2.97. The molecule has 1 aliphatic heterocycles. The number of fused-ring (bicyclic) bond motifs is 1. The number of aromatic nitrogens is 4. The summed E-state index contributed by atoms with van der Waals surface area (Å²) in [4.78, 5) is 21.5. The quantitative estimate of drug-likeness (QED) is 0.657. The normalized spacial score (nSPS) is 16.7. The minimum absolute atomic E-state index is 0.146. The zero-order valence-corrected chi connectivity index (χ0v) is 17.7. The van der Waals surface area contributed by atoms with Crippen molar-refractivity contribution in [2.75, 3.05) is 17.6 Å². The van der Waals surface area contributed by atoms with Gasteiger partial charge >= 0.3 is 12.1 Å². The van der Waals surface area contributed by atoms with Crippen molar-refractivity contribution in [3.8, 4) is 0 Å². The van der Waals surface area contributed by atoms with E-state index in [9.17, 15) is 21.6 Å². The Balaban J connectivity index is 0.000000423. The molecular weight excluding hydrogens is 441 g/mol. The van der Waals surface area contributed by atoms with Crippen molar-refractivity contribution >= 4 is 21.9 Å². The molecule has 0 spiro atoms. The Morgan fingerprint density at radius 2 is 1.90 bits per heavy atom. The van der Waals surface area contributed by atoms with Crippen LogP contribution in [0.25, 0.3) is 0 Å². The fraction of sp³-hybridized carbons (Fsp3) is 0.529. The molecule has 0 aliphatic carbocycles. The Kier molecular flexibility index (Phi) is 7.95. The van der Waals surface area contributed by atoms with Gasteiger partial charge in [-0.2, -0.15) is 17.5 Å². The maximum absolute atomic E-state index is 12.7. The van der Waals surface area contributed by atoms with Gasteiger partial charge in [0.1, 0.15) is 0 Å². The van der Waals surface area contributed by atoms with Gasteiger partial charge in [-0.25, -0.2) is 28.2 Å². The lowest BCUT2D eigenvalue weighted by Gasteiger charge is -2.34. The van der Waals surface area contributed by atoms with Crippen LogP contribution >= 0.6 is 0 Å². The van der Waals surface area contributed by atoms with Crippen molar-refractivity contribution in [2.45, 2.75) is 38.5 Å². The maximum atomic E-state index is 12.7. The smallest absolute Gasteiger partial charge is 0.475 e. The van der Waals surface area contributed by atoms with Crippen LogP contribution in [0.3, 0.4) is 0 Å². The molecule has 1 aliphatic rings. The van der Waals surface area contributed by atoms with Gasteiger partial charge in [-0.3, -0.25) is 0 Å². The van der Waals surface area contributed by atoms with Crippen LogP contribution in [-0.2, 0) is 34.8 Å². The average molecular weight is 464 g/mol. The zero-order valence-electron chi connectivity index (χ0n) is 16.9. The first kappa shape index (κ1) is 24.5. The maximum Gasteiger partial charge on any atom is 0.490 e. The summed E-state index contributed by atoms with van der Waals surface area (Å²) in [5, 5.41) is 10.3. The molecule has 172 valence electrons. The van der Waals surface area contributed by atoms with Crippen molar-refractivity contribution < 1.29 is 31.5 Å². The van der Waals surface area contributed by atoms with Gasteiger partial charge in [0.2, 0.25) is 16.0 Å². The zero-order chi connectivity index (χ0) is 23.2. The summed E-state index contributed by atoms with van der Waals surface area (Å²) in [7, 11) is -1.38. The van der Waals surface area contributed by atoms with Crippen LogP contribution < -0.4 is 5.32 Å². The second kappa shape index (κ2) is 10.0. The molecule has 2 aromatic heterocycles. The van der Waals surface area contributed by atoms with Gasteiger partial charge in [-0.1, -0.05) is 6.92 Å². The van der Waals surface area contributed by atoms with E-state index in [1.807, 2.05) is 18.5 Å². The van der Waals surface area contributed by atoms with Gasteiger partial charge in [0.25, 0.3) is 0 Å². The molecule has 1 atom stereocenters. The summed E-state index contributed by atoms with van der Waals surface area (Å²) >= 11 is 0. The first-order chi connectivity index (χ1) is 14.5. The summed E-state index contributed by atoms with van der Waals surface area (Å²) in [6.45, 7) is 2.65. The predicted octanol–water partition coefficient (Wildman–Crippen LogP) is 1.42. The highest BCUT2D eigenvalue weighted by Crippen LogP contribution is 2.25. The number of nitrogens with zero attached hydrogens (tertiary/aromatic N) is 5. The third-order valence-electron chi connectivity index (χ3n) is 4.41. The number of rotatable bonds is 6. The Morgan fingerprint density at radius 3 is 2.45 bits per heavy atom. The highest BCUT2D eigenvalue weighted by molar-refractivity contribution is 7.89. The molecule has 0 saturated carbocycles. The van der Waals surface area contributed by atoms with Crippen molar-refractivity contribution in [1.29, 1.82) is 0 Å². The van der Waals surface area contributed by atoms with Gasteiger partial charge in [-0.05, 0) is 12.5 Å². The number of carboxylic acid groups (broad SMARTS) is 1. The summed E-state index contributed by atoms with van der Waals surface area (Å²) in [5.41, 5.74) is 1.92. The van der Waals surface area contributed by atoms with Crippen LogP contribution in [0.5, 0.6) is 0 Å². The number of carbonyl (C=O) groups is 1. The number of halogens is 3. The number of hydrogen-bond donors (Lipinski definition) is 2. The van der Waals surface area contributed by atoms with Crippen LogP contribution in [0.15, 0.2) is 24.8 Å². The van der Waals surface area contributed by atoms with Crippen LogP contribution in [0, 0.1) is 0 Å². The lowest BCUT2D eigenvalue weighted by atomic mass is 10.1. The first-order valence-electron chi connectivity index (χ1n) is 9.25. The SMILES string of the molecule is CCCS(=O)(=O)N1Cc2ncn(C)c2CC1CNc1ncccn1.O=C(O)C(F)(F)F. The summed E-state index contributed by atoms with van der Waals surface area (Å²) in [6, 6.07) is 1.55. The molecule has 2 aromatic rings. The largest absolute Gasteiger partial charge is 0.490 e. The molecule has 31 heavy (non-hydrogen) atoms. The number of aryl methyl sites for hydroxylation is 1. The van der Waals surface area contributed by atoms with Crippen molar-refractivity contribution in [2.24, 2.45) is 7.05 Å². The molecule has 3 heterocycles. The van der Waals surface area contributed by atoms with Gasteiger partial charge in [-0.15, -0.1) is 0 Å². The number of alkyl halides is 3. The van der Waals surface area contributed by atoms with Gasteiger partial charge in [0, 0.05) is 44.1 Å². The van der Waals surface area contributed by atoms with Crippen LogP contribution in [0.1, 0.15) is 24.7 Å². The molecule has 0 aromatic carbocycles. The van der Waals surface area contributed by atoms with Crippen molar-refractivity contribution in [3.63, 3.8) is 0 Å². The van der Waals surface area contributed by atoms with E-state index in [0.29, 0.717) is 31.9 Å². The molecule has 0 amide bonds. The Hall–Kier alpha value is -2.74. The van der Waals surface area contributed by atoms with Gasteiger partial charge in [0.15, 0.2) is 0 Å². The average Bonchev–Trinajstić information content (AvgIpc) is 3.06. The van der Waals surface area contributed by atoms with Gasteiger partial charge < -0.3 is 15.0 Å².